The molecule has 2 rings (SSSR count). The monoisotopic (exact) mass is 383 g/mol. The van der Waals surface area contributed by atoms with Gasteiger partial charge in [0.1, 0.15) is 0 Å². The van der Waals surface area contributed by atoms with E-state index in [-0.39, 0.29) is 20.9 Å². The molecular weight excluding hydrogens is 361 g/mol. The average molecular weight is 382 g/mol. The van der Waals surface area contributed by atoms with Crippen LogP contribution in [0.1, 0.15) is 18.9 Å². The van der Waals surface area contributed by atoms with E-state index in [9.17, 15) is 4.79 Å². The van der Waals surface area contributed by atoms with Gasteiger partial charge in [-0.05, 0) is 0 Å². The molecule has 3 heteroatoms. The van der Waals surface area contributed by atoms with E-state index in [1.54, 1.807) is 11.0 Å². The molecule has 0 saturated carbocycles. The zero-order valence-electron chi connectivity index (χ0n) is 13.8. The maximum absolute atomic E-state index is 12.5. The number of hydrogen-bond donors (Lipinski definition) is 0. The topological polar surface area (TPSA) is 20.3 Å². The summed E-state index contributed by atoms with van der Waals surface area (Å²) in [6, 6.07) is 20.2. The molecule has 0 spiro atoms. The SMILES string of the molecule is CCC#CCN(Cc1ccccc1)C(=O)/C=C/[Se]c1ccccc1. The number of carbonyl (C=O) groups excluding carboxylic acids is 1. The van der Waals surface area contributed by atoms with E-state index in [1.165, 1.54) is 4.46 Å². The third-order valence-electron chi connectivity index (χ3n) is 3.26. The molecule has 2 nitrogen and oxygen atoms in total. The fourth-order valence-electron chi connectivity index (χ4n) is 2.07. The standard InChI is InChI=1S/C21H21NOSe/c1-2-3-10-16-22(18-19-11-6-4-7-12-19)21(23)15-17-24-20-13-8-5-9-14-20/h4-9,11-15,17H,2,16,18H2,1H3/b17-15+. The summed E-state index contributed by atoms with van der Waals surface area (Å²) in [5.41, 5.74) is 1.12. The van der Waals surface area contributed by atoms with Gasteiger partial charge >= 0.3 is 151 Å². The molecule has 0 aliphatic heterocycles. The van der Waals surface area contributed by atoms with Crippen LogP contribution in [0.4, 0.5) is 0 Å². The molecule has 24 heavy (non-hydrogen) atoms. The fraction of sp³-hybridized carbons (Fsp3) is 0.190. The second-order valence-corrected chi connectivity index (χ2v) is 7.18. The zero-order chi connectivity index (χ0) is 17.0. The van der Waals surface area contributed by atoms with Gasteiger partial charge in [-0.3, -0.25) is 0 Å². The molecule has 0 fully saturated rings. The van der Waals surface area contributed by atoms with Crippen LogP contribution in [0.5, 0.6) is 0 Å². The second kappa shape index (κ2) is 10.5. The van der Waals surface area contributed by atoms with Crippen molar-refractivity contribution < 1.29 is 4.79 Å². The van der Waals surface area contributed by atoms with Crippen LogP contribution in [0.15, 0.2) is 71.7 Å². The summed E-state index contributed by atoms with van der Waals surface area (Å²) in [5.74, 6) is 6.12. The van der Waals surface area contributed by atoms with E-state index >= 15 is 0 Å². The second-order valence-electron chi connectivity index (χ2n) is 5.12. The molecule has 2 aromatic carbocycles. The molecule has 0 radical (unpaired) electrons. The van der Waals surface area contributed by atoms with Crippen molar-refractivity contribution in [2.24, 2.45) is 0 Å². The summed E-state index contributed by atoms with van der Waals surface area (Å²) in [6.45, 7) is 3.06. The van der Waals surface area contributed by atoms with Crippen molar-refractivity contribution >= 4 is 25.3 Å². The van der Waals surface area contributed by atoms with Crippen LogP contribution in [0, 0.1) is 11.8 Å². The normalized spacial score (nSPS) is 10.2. The minimum atomic E-state index is 0.0158. The van der Waals surface area contributed by atoms with E-state index in [1.807, 2.05) is 60.4 Å². The third kappa shape index (κ3) is 6.46. The predicted octanol–water partition coefficient (Wildman–Crippen LogP) is 2.97. The Morgan fingerprint density at radius 2 is 1.71 bits per heavy atom. The van der Waals surface area contributed by atoms with Gasteiger partial charge in [0.15, 0.2) is 0 Å². The molecule has 0 unspecified atom stereocenters. The van der Waals surface area contributed by atoms with E-state index < -0.39 is 0 Å². The van der Waals surface area contributed by atoms with Crippen molar-refractivity contribution in [3.63, 3.8) is 0 Å². The number of rotatable bonds is 6. The van der Waals surface area contributed by atoms with E-state index in [0.717, 1.165) is 12.0 Å². The van der Waals surface area contributed by atoms with Crippen LogP contribution in [-0.2, 0) is 11.3 Å². The molecule has 0 heterocycles. The van der Waals surface area contributed by atoms with Gasteiger partial charge in [-0.25, -0.2) is 0 Å². The first-order valence-electron chi connectivity index (χ1n) is 7.96. The molecule has 122 valence electrons. The minimum absolute atomic E-state index is 0.0158. The van der Waals surface area contributed by atoms with Crippen molar-refractivity contribution in [3.8, 4) is 11.8 Å². The molecular formula is C21H21NOSe. The summed E-state index contributed by atoms with van der Waals surface area (Å²) in [5, 5.41) is 0. The van der Waals surface area contributed by atoms with Crippen molar-refractivity contribution in [2.45, 2.75) is 19.9 Å². The average Bonchev–Trinajstić information content (AvgIpc) is 2.63. The molecule has 0 aliphatic rings. The van der Waals surface area contributed by atoms with Gasteiger partial charge in [-0.2, -0.15) is 0 Å². The number of nitrogens with zero attached hydrogens (tertiary/aromatic N) is 1. The Hall–Kier alpha value is -2.27. The van der Waals surface area contributed by atoms with Gasteiger partial charge in [0.05, 0.1) is 0 Å². The van der Waals surface area contributed by atoms with Crippen LogP contribution in [-0.4, -0.2) is 32.3 Å². The Morgan fingerprint density at radius 3 is 2.38 bits per heavy atom. The van der Waals surface area contributed by atoms with Gasteiger partial charge in [0.25, 0.3) is 0 Å². The summed E-state index contributed by atoms with van der Waals surface area (Å²) in [7, 11) is 0. The molecule has 0 aromatic heterocycles. The Kier molecular flexibility index (Phi) is 7.90. The number of benzene rings is 2. The van der Waals surface area contributed by atoms with Gasteiger partial charge < -0.3 is 0 Å². The summed E-state index contributed by atoms with van der Waals surface area (Å²) in [4.78, 5) is 16.3. The predicted molar refractivity (Wildman–Crippen MR) is 101 cm³/mol. The van der Waals surface area contributed by atoms with Gasteiger partial charge in [0, 0.05) is 0 Å². The number of carbonyl (C=O) groups is 1. The van der Waals surface area contributed by atoms with Crippen molar-refractivity contribution in [2.75, 3.05) is 6.54 Å². The molecule has 2 aromatic rings. The molecule has 0 bridgehead atoms. The van der Waals surface area contributed by atoms with Crippen LogP contribution in [0.25, 0.3) is 0 Å². The number of amides is 1. The summed E-state index contributed by atoms with van der Waals surface area (Å²) < 4.78 is 1.26. The van der Waals surface area contributed by atoms with Gasteiger partial charge in [-0.1, -0.05) is 0 Å². The fourth-order valence-corrected chi connectivity index (χ4v) is 3.44. The first kappa shape index (κ1) is 18.1. The molecule has 1 amide bonds. The Labute approximate surface area is 150 Å². The Bertz CT molecular complexity index is 714. The van der Waals surface area contributed by atoms with Crippen molar-refractivity contribution in [1.29, 1.82) is 0 Å². The van der Waals surface area contributed by atoms with Crippen LogP contribution in [0.2, 0.25) is 0 Å². The van der Waals surface area contributed by atoms with Crippen molar-refractivity contribution in [3.05, 3.63) is 77.3 Å². The van der Waals surface area contributed by atoms with Gasteiger partial charge in [0.2, 0.25) is 0 Å². The molecule has 0 aliphatic carbocycles. The van der Waals surface area contributed by atoms with E-state index in [0.29, 0.717) is 13.1 Å². The summed E-state index contributed by atoms with van der Waals surface area (Å²) in [6.07, 6.45) is 2.49. The number of hydrogen-bond acceptors (Lipinski definition) is 1. The zero-order valence-corrected chi connectivity index (χ0v) is 15.5. The maximum atomic E-state index is 12.5. The van der Waals surface area contributed by atoms with Crippen LogP contribution in [0.3, 0.4) is 0 Å². The van der Waals surface area contributed by atoms with Gasteiger partial charge in [-0.15, -0.1) is 0 Å². The Morgan fingerprint density at radius 1 is 1.04 bits per heavy atom. The van der Waals surface area contributed by atoms with Crippen molar-refractivity contribution in [1.82, 2.24) is 4.90 Å². The molecule has 0 saturated heterocycles. The Balaban J connectivity index is 2.00. The van der Waals surface area contributed by atoms with Crippen LogP contribution >= 0.6 is 0 Å². The first-order chi connectivity index (χ1) is 11.8. The quantitative estimate of drug-likeness (QED) is 0.427. The molecule has 0 N–H and O–H groups in total. The molecule has 0 atom stereocenters. The first-order valence-corrected chi connectivity index (χ1v) is 9.81. The summed E-state index contributed by atoms with van der Waals surface area (Å²) >= 11 is 0.171. The van der Waals surface area contributed by atoms with E-state index in [4.69, 9.17) is 0 Å². The van der Waals surface area contributed by atoms with Crippen LogP contribution < -0.4 is 4.46 Å². The van der Waals surface area contributed by atoms with E-state index in [2.05, 4.69) is 24.0 Å². The third-order valence-corrected chi connectivity index (χ3v) is 4.97.